The second-order valence-corrected chi connectivity index (χ2v) is 4.29. The molecule has 0 aliphatic heterocycles. The molecule has 0 atom stereocenters. The first kappa shape index (κ1) is 14.4. The lowest BCUT2D eigenvalue weighted by atomic mass is 10.2. The predicted molar refractivity (Wildman–Crippen MR) is 70.0 cm³/mol. The Labute approximate surface area is 110 Å². The molecular weight excluding hydrogens is 256 g/mol. The summed E-state index contributed by atoms with van der Waals surface area (Å²) in [5.41, 5.74) is 0.140. The summed E-state index contributed by atoms with van der Waals surface area (Å²) in [4.78, 5) is 21.7. The summed E-state index contributed by atoms with van der Waals surface area (Å²) in [5.74, 6) is -0.261. The lowest BCUT2D eigenvalue weighted by molar-refractivity contribution is -0.384. The third-order valence-electron chi connectivity index (χ3n) is 2.47. The Morgan fingerprint density at radius 3 is 2.72 bits per heavy atom. The van der Waals surface area contributed by atoms with E-state index in [1.165, 1.54) is 18.2 Å². The normalized spacial score (nSPS) is 10.1. The minimum atomic E-state index is -0.578. The highest BCUT2D eigenvalue weighted by molar-refractivity contribution is 6.33. The third kappa shape index (κ3) is 4.00. The fourth-order valence-corrected chi connectivity index (χ4v) is 1.72. The summed E-state index contributed by atoms with van der Waals surface area (Å²) in [5, 5.41) is 13.3. The molecule has 0 radical (unpaired) electrons. The summed E-state index contributed by atoms with van der Waals surface area (Å²) in [7, 11) is 0. The summed E-state index contributed by atoms with van der Waals surface area (Å²) >= 11 is 5.73. The smallest absolute Gasteiger partial charge is 0.287 e. The predicted octanol–water partition coefficient (Wildman–Crippen LogP) is 3.17. The van der Waals surface area contributed by atoms with Crippen LogP contribution in [0.2, 0.25) is 5.02 Å². The van der Waals surface area contributed by atoms with Crippen LogP contribution < -0.4 is 5.32 Å². The minimum absolute atomic E-state index is 0.0267. The first-order valence-electron chi connectivity index (χ1n) is 5.78. The van der Waals surface area contributed by atoms with Gasteiger partial charge in [-0.15, -0.1) is 0 Å². The lowest BCUT2D eigenvalue weighted by Gasteiger charge is -2.05. The van der Waals surface area contributed by atoms with Gasteiger partial charge in [0.25, 0.3) is 11.6 Å². The van der Waals surface area contributed by atoms with Gasteiger partial charge in [-0.2, -0.15) is 0 Å². The Morgan fingerprint density at radius 2 is 2.17 bits per heavy atom. The zero-order chi connectivity index (χ0) is 13.5. The number of unbranched alkanes of at least 4 members (excludes halogenated alkanes) is 2. The average molecular weight is 271 g/mol. The number of nitrogens with zero attached hydrogens (tertiary/aromatic N) is 1. The number of hydrogen-bond acceptors (Lipinski definition) is 3. The fourth-order valence-electron chi connectivity index (χ4n) is 1.48. The zero-order valence-corrected chi connectivity index (χ0v) is 10.9. The van der Waals surface area contributed by atoms with Crippen molar-refractivity contribution in [2.45, 2.75) is 26.2 Å². The maximum atomic E-state index is 11.7. The van der Waals surface area contributed by atoms with Crippen molar-refractivity contribution < 1.29 is 9.72 Å². The molecule has 98 valence electrons. The number of nitro benzene ring substituents is 1. The molecule has 0 aromatic heterocycles. The molecule has 1 amide bonds. The summed E-state index contributed by atoms with van der Waals surface area (Å²) < 4.78 is 0. The van der Waals surface area contributed by atoms with Gasteiger partial charge in [0.2, 0.25) is 0 Å². The summed E-state index contributed by atoms with van der Waals surface area (Å²) in [6.07, 6.45) is 3.06. The zero-order valence-electron chi connectivity index (χ0n) is 10.1. The van der Waals surface area contributed by atoms with Gasteiger partial charge in [-0.25, -0.2) is 0 Å². The average Bonchev–Trinajstić information content (AvgIpc) is 2.33. The van der Waals surface area contributed by atoms with Gasteiger partial charge in [0.15, 0.2) is 0 Å². The van der Waals surface area contributed by atoms with E-state index in [1.54, 1.807) is 0 Å². The molecule has 0 fully saturated rings. The Bertz CT molecular complexity index is 449. The SMILES string of the molecule is CCCCCNC(=O)c1ccc([N+](=O)[O-])c(Cl)c1. The molecule has 6 heteroatoms. The number of amides is 1. The van der Waals surface area contributed by atoms with Crippen molar-refractivity contribution in [1.82, 2.24) is 5.32 Å². The van der Waals surface area contributed by atoms with E-state index in [0.29, 0.717) is 12.1 Å². The molecule has 0 saturated heterocycles. The molecule has 0 heterocycles. The van der Waals surface area contributed by atoms with E-state index in [1.807, 2.05) is 0 Å². The number of carbonyl (C=O) groups is 1. The van der Waals surface area contributed by atoms with E-state index >= 15 is 0 Å². The molecule has 0 bridgehead atoms. The molecule has 0 aliphatic rings. The van der Waals surface area contributed by atoms with Crippen LogP contribution in [0.25, 0.3) is 0 Å². The fraction of sp³-hybridized carbons (Fsp3) is 0.417. The lowest BCUT2D eigenvalue weighted by Crippen LogP contribution is -2.24. The Morgan fingerprint density at radius 1 is 1.44 bits per heavy atom. The van der Waals surface area contributed by atoms with Crippen molar-refractivity contribution in [3.8, 4) is 0 Å². The molecule has 1 aromatic carbocycles. The van der Waals surface area contributed by atoms with Crippen LogP contribution >= 0.6 is 11.6 Å². The highest BCUT2D eigenvalue weighted by Crippen LogP contribution is 2.24. The van der Waals surface area contributed by atoms with Gasteiger partial charge in [0.05, 0.1) is 4.92 Å². The number of nitro groups is 1. The van der Waals surface area contributed by atoms with E-state index in [0.717, 1.165) is 19.3 Å². The van der Waals surface area contributed by atoms with Crippen LogP contribution in [-0.4, -0.2) is 17.4 Å². The van der Waals surface area contributed by atoms with Crippen LogP contribution in [0.15, 0.2) is 18.2 Å². The Kier molecular flexibility index (Phi) is 5.58. The number of carbonyl (C=O) groups excluding carboxylic acids is 1. The molecule has 0 spiro atoms. The van der Waals surface area contributed by atoms with Gasteiger partial charge < -0.3 is 5.32 Å². The van der Waals surface area contributed by atoms with Crippen LogP contribution in [0.5, 0.6) is 0 Å². The number of nitrogens with one attached hydrogen (secondary N) is 1. The second kappa shape index (κ2) is 6.96. The number of benzene rings is 1. The highest BCUT2D eigenvalue weighted by Gasteiger charge is 2.14. The van der Waals surface area contributed by atoms with Gasteiger partial charge in [0.1, 0.15) is 5.02 Å². The van der Waals surface area contributed by atoms with Crippen LogP contribution in [0.4, 0.5) is 5.69 Å². The molecule has 0 aliphatic carbocycles. The van der Waals surface area contributed by atoms with Crippen molar-refractivity contribution in [3.63, 3.8) is 0 Å². The van der Waals surface area contributed by atoms with Crippen molar-refractivity contribution in [2.24, 2.45) is 0 Å². The minimum Gasteiger partial charge on any atom is -0.352 e. The van der Waals surface area contributed by atoms with E-state index < -0.39 is 4.92 Å². The topological polar surface area (TPSA) is 72.2 Å². The van der Waals surface area contributed by atoms with Gasteiger partial charge >= 0.3 is 0 Å². The van der Waals surface area contributed by atoms with Crippen molar-refractivity contribution in [3.05, 3.63) is 38.9 Å². The maximum Gasteiger partial charge on any atom is 0.287 e. The molecule has 0 saturated carbocycles. The van der Waals surface area contributed by atoms with Crippen LogP contribution in [-0.2, 0) is 0 Å². The first-order chi connectivity index (χ1) is 8.56. The van der Waals surface area contributed by atoms with Crippen molar-refractivity contribution in [1.29, 1.82) is 0 Å². The number of hydrogen-bond donors (Lipinski definition) is 1. The van der Waals surface area contributed by atoms with Crippen LogP contribution in [0, 0.1) is 10.1 Å². The molecule has 1 rings (SSSR count). The largest absolute Gasteiger partial charge is 0.352 e. The maximum absolute atomic E-state index is 11.7. The highest BCUT2D eigenvalue weighted by atomic mass is 35.5. The number of rotatable bonds is 6. The second-order valence-electron chi connectivity index (χ2n) is 3.89. The van der Waals surface area contributed by atoms with Gasteiger partial charge in [0, 0.05) is 18.2 Å². The van der Waals surface area contributed by atoms with Crippen molar-refractivity contribution in [2.75, 3.05) is 6.54 Å². The molecule has 1 aromatic rings. The molecule has 1 N–H and O–H groups in total. The molecular formula is C12H15ClN2O3. The van der Waals surface area contributed by atoms with Crippen LogP contribution in [0.1, 0.15) is 36.5 Å². The molecule has 0 unspecified atom stereocenters. The Hall–Kier alpha value is -1.62. The first-order valence-corrected chi connectivity index (χ1v) is 6.16. The van der Waals surface area contributed by atoms with E-state index in [4.69, 9.17) is 11.6 Å². The molecule has 5 nitrogen and oxygen atoms in total. The van der Waals surface area contributed by atoms with Crippen molar-refractivity contribution >= 4 is 23.2 Å². The van der Waals surface area contributed by atoms with E-state index in [-0.39, 0.29) is 16.6 Å². The number of halogens is 1. The monoisotopic (exact) mass is 270 g/mol. The standard InChI is InChI=1S/C12H15ClN2O3/c1-2-3-4-7-14-12(16)9-5-6-11(15(17)18)10(13)8-9/h5-6,8H,2-4,7H2,1H3,(H,14,16). The summed E-state index contributed by atoms with van der Waals surface area (Å²) in [6, 6.07) is 3.96. The summed E-state index contributed by atoms with van der Waals surface area (Å²) in [6.45, 7) is 2.68. The third-order valence-corrected chi connectivity index (χ3v) is 2.78. The molecule has 18 heavy (non-hydrogen) atoms. The van der Waals surface area contributed by atoms with Gasteiger partial charge in [-0.05, 0) is 18.6 Å². The quantitative estimate of drug-likeness (QED) is 0.490. The van der Waals surface area contributed by atoms with Crippen LogP contribution in [0.3, 0.4) is 0 Å². The van der Waals surface area contributed by atoms with E-state index in [9.17, 15) is 14.9 Å². The van der Waals surface area contributed by atoms with Gasteiger partial charge in [-0.1, -0.05) is 31.4 Å². The van der Waals surface area contributed by atoms with E-state index in [2.05, 4.69) is 12.2 Å². The van der Waals surface area contributed by atoms with Gasteiger partial charge in [-0.3, -0.25) is 14.9 Å². The Balaban J connectivity index is 2.64.